The van der Waals surface area contributed by atoms with Crippen LogP contribution in [0.4, 0.5) is 0 Å². The van der Waals surface area contributed by atoms with Gasteiger partial charge in [0, 0.05) is 23.7 Å². The Kier molecular flexibility index (Phi) is 5.40. The van der Waals surface area contributed by atoms with Crippen molar-refractivity contribution in [3.8, 4) is 17.1 Å². The molecule has 6 heteroatoms. The van der Waals surface area contributed by atoms with Crippen LogP contribution in [0.15, 0.2) is 28.9 Å². The average Bonchev–Trinajstić information content (AvgIpc) is 3.33. The van der Waals surface area contributed by atoms with Gasteiger partial charge >= 0.3 is 0 Å². The summed E-state index contributed by atoms with van der Waals surface area (Å²) in [6.07, 6.45) is 8.83. The van der Waals surface area contributed by atoms with Crippen LogP contribution in [0.1, 0.15) is 51.0 Å². The maximum absolute atomic E-state index is 5.69. The number of fused-ring (bicyclic) bond motifs is 1. The molecule has 1 saturated carbocycles. The lowest BCUT2D eigenvalue weighted by Gasteiger charge is -2.22. The van der Waals surface area contributed by atoms with Gasteiger partial charge in [-0.2, -0.15) is 4.98 Å². The number of aromatic nitrogens is 3. The molecule has 1 aliphatic carbocycles. The largest absolute Gasteiger partial charge is 0.495 e. The minimum atomic E-state index is 0.0753. The zero-order chi connectivity index (χ0) is 19.7. The number of hydrogen-bond donors (Lipinski definition) is 0. The maximum atomic E-state index is 5.69. The molecule has 150 valence electrons. The zero-order valence-electron chi connectivity index (χ0n) is 17.3. The fourth-order valence-corrected chi connectivity index (χ4v) is 4.20. The lowest BCUT2D eigenvalue weighted by atomic mass is 9.89. The molecule has 1 unspecified atom stereocenters. The number of hydrogen-bond acceptors (Lipinski definition) is 5. The average molecular weight is 383 g/mol. The molecule has 1 fully saturated rings. The van der Waals surface area contributed by atoms with Gasteiger partial charge < -0.3 is 13.8 Å². The second kappa shape index (κ2) is 7.95. The van der Waals surface area contributed by atoms with Crippen LogP contribution < -0.4 is 4.74 Å². The van der Waals surface area contributed by atoms with Crippen molar-refractivity contribution in [2.45, 2.75) is 51.6 Å². The van der Waals surface area contributed by atoms with Crippen LogP contribution in [0.25, 0.3) is 22.3 Å². The smallest absolute Gasteiger partial charge is 0.244 e. The van der Waals surface area contributed by atoms with Crippen molar-refractivity contribution in [1.82, 2.24) is 19.6 Å². The first-order chi connectivity index (χ1) is 13.6. The van der Waals surface area contributed by atoms with E-state index in [2.05, 4.69) is 33.8 Å². The Morgan fingerprint density at radius 2 is 2.04 bits per heavy atom. The Hall–Kier alpha value is -2.34. The van der Waals surface area contributed by atoms with Crippen LogP contribution in [0, 0.1) is 5.92 Å². The Labute approximate surface area is 166 Å². The molecule has 4 rings (SSSR count). The molecule has 0 saturated heterocycles. The fourth-order valence-electron chi connectivity index (χ4n) is 4.20. The van der Waals surface area contributed by atoms with Crippen LogP contribution in [-0.2, 0) is 6.54 Å². The lowest BCUT2D eigenvalue weighted by molar-refractivity contribution is 0.245. The number of rotatable bonds is 6. The first-order valence-corrected chi connectivity index (χ1v) is 10.2. The zero-order valence-corrected chi connectivity index (χ0v) is 17.3. The van der Waals surface area contributed by atoms with Crippen LogP contribution in [0.5, 0.6) is 5.75 Å². The Morgan fingerprint density at radius 3 is 2.75 bits per heavy atom. The highest BCUT2D eigenvalue weighted by Crippen LogP contribution is 2.36. The van der Waals surface area contributed by atoms with Gasteiger partial charge in [-0.25, -0.2) is 0 Å². The van der Waals surface area contributed by atoms with E-state index in [9.17, 15) is 0 Å². The van der Waals surface area contributed by atoms with Crippen molar-refractivity contribution in [2.24, 2.45) is 5.92 Å². The minimum absolute atomic E-state index is 0.0753. The summed E-state index contributed by atoms with van der Waals surface area (Å²) in [5.74, 6) is 2.89. The SMILES string of the molecule is COc1cccc2c(-c3noc(C(C)N(C)C)n3)cn(CC3CCCCC3)c12. The molecule has 1 aliphatic rings. The minimum Gasteiger partial charge on any atom is -0.495 e. The van der Waals surface area contributed by atoms with E-state index in [0.717, 1.165) is 34.7 Å². The van der Waals surface area contributed by atoms with Gasteiger partial charge in [-0.05, 0) is 45.8 Å². The van der Waals surface area contributed by atoms with Gasteiger partial charge in [0.2, 0.25) is 11.7 Å². The number of nitrogens with zero attached hydrogens (tertiary/aromatic N) is 4. The number of methoxy groups -OCH3 is 1. The van der Waals surface area contributed by atoms with Crippen molar-refractivity contribution in [1.29, 1.82) is 0 Å². The summed E-state index contributed by atoms with van der Waals surface area (Å²) in [7, 11) is 5.75. The predicted octanol–water partition coefficient (Wildman–Crippen LogP) is 4.90. The number of para-hydroxylation sites is 1. The van der Waals surface area contributed by atoms with E-state index in [-0.39, 0.29) is 6.04 Å². The third-order valence-corrected chi connectivity index (χ3v) is 6.08. The van der Waals surface area contributed by atoms with Gasteiger partial charge in [0.05, 0.1) is 18.7 Å². The first-order valence-electron chi connectivity index (χ1n) is 10.2. The van der Waals surface area contributed by atoms with E-state index < -0.39 is 0 Å². The molecular weight excluding hydrogens is 352 g/mol. The molecule has 0 amide bonds. The lowest BCUT2D eigenvalue weighted by Crippen LogP contribution is -2.16. The summed E-state index contributed by atoms with van der Waals surface area (Å²) in [5, 5.41) is 5.40. The van der Waals surface area contributed by atoms with Crippen LogP contribution in [0.3, 0.4) is 0 Å². The van der Waals surface area contributed by atoms with Gasteiger partial charge in [0.25, 0.3) is 0 Å². The van der Waals surface area contributed by atoms with E-state index in [1.165, 1.54) is 32.1 Å². The van der Waals surface area contributed by atoms with Crippen LogP contribution in [0.2, 0.25) is 0 Å². The van der Waals surface area contributed by atoms with Crippen molar-refractivity contribution in [3.05, 3.63) is 30.3 Å². The summed E-state index contributed by atoms with van der Waals surface area (Å²) in [6.45, 7) is 3.07. The van der Waals surface area contributed by atoms with E-state index in [0.29, 0.717) is 11.7 Å². The second-order valence-corrected chi connectivity index (χ2v) is 8.15. The topological polar surface area (TPSA) is 56.3 Å². The molecule has 0 aliphatic heterocycles. The number of benzene rings is 1. The molecule has 2 heterocycles. The first kappa shape index (κ1) is 19.0. The molecule has 6 nitrogen and oxygen atoms in total. The normalized spacial score (nSPS) is 16.8. The molecular formula is C22H30N4O2. The van der Waals surface area contributed by atoms with Crippen molar-refractivity contribution in [2.75, 3.05) is 21.2 Å². The third kappa shape index (κ3) is 3.53. The molecule has 3 aromatic rings. The van der Waals surface area contributed by atoms with Crippen molar-refractivity contribution >= 4 is 10.9 Å². The molecule has 0 N–H and O–H groups in total. The maximum Gasteiger partial charge on any atom is 0.244 e. The van der Waals surface area contributed by atoms with E-state index >= 15 is 0 Å². The predicted molar refractivity (Wildman–Crippen MR) is 110 cm³/mol. The van der Waals surface area contributed by atoms with Gasteiger partial charge in [-0.15, -0.1) is 0 Å². The highest BCUT2D eigenvalue weighted by Gasteiger charge is 2.22. The number of ether oxygens (including phenoxy) is 1. The van der Waals surface area contributed by atoms with E-state index in [1.54, 1.807) is 7.11 Å². The summed E-state index contributed by atoms with van der Waals surface area (Å²) in [5.41, 5.74) is 2.13. The molecule has 0 spiro atoms. The quantitative estimate of drug-likeness (QED) is 0.607. The Bertz CT molecular complexity index is 937. The van der Waals surface area contributed by atoms with Crippen LogP contribution >= 0.6 is 0 Å². The summed E-state index contributed by atoms with van der Waals surface area (Å²) < 4.78 is 13.6. The highest BCUT2D eigenvalue weighted by molar-refractivity contribution is 5.97. The molecule has 0 bridgehead atoms. The molecule has 1 atom stereocenters. The van der Waals surface area contributed by atoms with Gasteiger partial charge in [0.15, 0.2) is 0 Å². The molecule has 2 aromatic heterocycles. The standard InChI is InChI=1S/C22H30N4O2/c1-15(25(2)3)22-23-21(24-28-22)18-14-26(13-16-9-6-5-7-10-16)20-17(18)11-8-12-19(20)27-4/h8,11-12,14-16H,5-7,9-10,13H2,1-4H3. The summed E-state index contributed by atoms with van der Waals surface area (Å²) >= 11 is 0. The fraction of sp³-hybridized carbons (Fsp3) is 0.545. The molecule has 28 heavy (non-hydrogen) atoms. The molecule has 1 aromatic carbocycles. The second-order valence-electron chi connectivity index (χ2n) is 8.15. The van der Waals surface area contributed by atoms with Gasteiger partial charge in [0.1, 0.15) is 5.75 Å². The summed E-state index contributed by atoms with van der Waals surface area (Å²) in [4.78, 5) is 6.76. The molecule has 0 radical (unpaired) electrons. The van der Waals surface area contributed by atoms with Gasteiger partial charge in [-0.3, -0.25) is 4.90 Å². The van der Waals surface area contributed by atoms with Crippen molar-refractivity contribution < 1.29 is 9.26 Å². The van der Waals surface area contributed by atoms with E-state index in [1.807, 2.05) is 26.2 Å². The van der Waals surface area contributed by atoms with E-state index in [4.69, 9.17) is 14.2 Å². The Morgan fingerprint density at radius 1 is 1.25 bits per heavy atom. The van der Waals surface area contributed by atoms with Crippen LogP contribution in [-0.4, -0.2) is 40.8 Å². The highest BCUT2D eigenvalue weighted by atomic mass is 16.5. The van der Waals surface area contributed by atoms with Gasteiger partial charge in [-0.1, -0.05) is 36.6 Å². The third-order valence-electron chi connectivity index (χ3n) is 6.08. The summed E-state index contributed by atoms with van der Waals surface area (Å²) in [6, 6.07) is 6.25. The van der Waals surface area contributed by atoms with Crippen molar-refractivity contribution in [3.63, 3.8) is 0 Å². The Balaban J connectivity index is 1.76. The monoisotopic (exact) mass is 382 g/mol.